The molecule has 6 nitrogen and oxygen atoms in total. The van der Waals surface area contributed by atoms with Crippen molar-refractivity contribution in [2.24, 2.45) is 12.2 Å². The molecule has 0 amide bonds. The Hall–Kier alpha value is -1.29. The zero-order chi connectivity index (χ0) is 16.9. The van der Waals surface area contributed by atoms with Gasteiger partial charge >= 0.3 is 6.18 Å². The number of alkyl halides is 3. The van der Waals surface area contributed by atoms with Gasteiger partial charge in [0.15, 0.2) is 20.0 Å². The smallest absolute Gasteiger partial charge is 0.389 e. The van der Waals surface area contributed by atoms with Gasteiger partial charge in [-0.3, -0.25) is 4.68 Å². The highest BCUT2D eigenvalue weighted by molar-refractivity contribution is 8.05. The van der Waals surface area contributed by atoms with Crippen LogP contribution in [0.1, 0.15) is 31.5 Å². The summed E-state index contributed by atoms with van der Waals surface area (Å²) in [6.45, 7) is 3.24. The highest BCUT2D eigenvalue weighted by Crippen LogP contribution is 2.36. The summed E-state index contributed by atoms with van der Waals surface area (Å²) in [5.74, 6) is -0.938. The maximum atomic E-state index is 13.0. The SMILES string of the molecule is Cn1nc(Cl)c(CS(=O)(=O)C2=NOC(C)(C)C2)c1C(F)(F)F. The topological polar surface area (TPSA) is 73.5 Å². The van der Waals surface area contributed by atoms with Crippen molar-refractivity contribution < 1.29 is 26.4 Å². The molecule has 1 aliphatic rings. The Morgan fingerprint density at radius 1 is 1.41 bits per heavy atom. The molecule has 0 aliphatic carbocycles. The molecular weight excluding hydrogens is 347 g/mol. The number of hydrogen-bond donors (Lipinski definition) is 0. The highest BCUT2D eigenvalue weighted by Gasteiger charge is 2.42. The lowest BCUT2D eigenvalue weighted by Gasteiger charge is -2.13. The van der Waals surface area contributed by atoms with Gasteiger partial charge in [-0.2, -0.15) is 18.3 Å². The fraction of sp³-hybridized carbons (Fsp3) is 0.636. The molecular formula is C11H13ClF3N3O3S. The monoisotopic (exact) mass is 359 g/mol. The first-order chi connectivity index (χ1) is 9.83. The van der Waals surface area contributed by atoms with E-state index in [9.17, 15) is 21.6 Å². The maximum absolute atomic E-state index is 13.0. The van der Waals surface area contributed by atoms with Crippen LogP contribution >= 0.6 is 11.6 Å². The van der Waals surface area contributed by atoms with Crippen LogP contribution in [0.5, 0.6) is 0 Å². The first-order valence-corrected chi connectivity index (χ1v) is 8.13. The molecule has 0 saturated heterocycles. The number of aromatic nitrogens is 2. The predicted molar refractivity (Wildman–Crippen MR) is 73.1 cm³/mol. The molecule has 1 aromatic rings. The minimum absolute atomic E-state index is 0.0193. The van der Waals surface area contributed by atoms with E-state index in [2.05, 4.69) is 10.3 Å². The summed E-state index contributed by atoms with van der Waals surface area (Å²) in [4.78, 5) is 4.94. The molecule has 0 saturated carbocycles. The van der Waals surface area contributed by atoms with Gasteiger partial charge in [0.25, 0.3) is 0 Å². The van der Waals surface area contributed by atoms with E-state index in [1.807, 2.05) is 0 Å². The minimum atomic E-state index is -4.77. The van der Waals surface area contributed by atoms with Gasteiger partial charge in [0.2, 0.25) is 0 Å². The normalized spacial score (nSPS) is 18.2. The third-order valence-electron chi connectivity index (χ3n) is 3.03. The lowest BCUT2D eigenvalue weighted by molar-refractivity contribution is -0.144. The largest absolute Gasteiger partial charge is 0.433 e. The summed E-state index contributed by atoms with van der Waals surface area (Å²) >= 11 is 5.66. The zero-order valence-electron chi connectivity index (χ0n) is 11.9. The molecule has 0 spiro atoms. The molecule has 2 rings (SSSR count). The maximum Gasteiger partial charge on any atom is 0.433 e. The van der Waals surface area contributed by atoms with Crippen molar-refractivity contribution in [2.45, 2.75) is 37.8 Å². The molecule has 0 atom stereocenters. The summed E-state index contributed by atoms with van der Waals surface area (Å²) < 4.78 is 64.1. The van der Waals surface area contributed by atoms with Crippen LogP contribution in [0.3, 0.4) is 0 Å². The first kappa shape index (κ1) is 17.1. The quantitative estimate of drug-likeness (QED) is 0.813. The Labute approximate surface area is 129 Å². The molecule has 22 heavy (non-hydrogen) atoms. The van der Waals surface area contributed by atoms with E-state index < -0.39 is 43.8 Å². The van der Waals surface area contributed by atoms with E-state index >= 15 is 0 Å². The Morgan fingerprint density at radius 3 is 2.45 bits per heavy atom. The minimum Gasteiger partial charge on any atom is -0.389 e. The molecule has 124 valence electrons. The van der Waals surface area contributed by atoms with Gasteiger partial charge in [-0.05, 0) is 13.8 Å². The summed E-state index contributed by atoms with van der Waals surface area (Å²) in [6.07, 6.45) is -4.79. The van der Waals surface area contributed by atoms with Gasteiger partial charge in [0.05, 0.1) is 5.75 Å². The number of hydrogen-bond acceptors (Lipinski definition) is 5. The summed E-state index contributed by atoms with van der Waals surface area (Å²) in [5, 5.41) is 6.10. The molecule has 0 unspecified atom stereocenters. The second kappa shape index (κ2) is 5.12. The van der Waals surface area contributed by atoms with Gasteiger partial charge in [-0.15, -0.1) is 0 Å². The molecule has 11 heteroatoms. The van der Waals surface area contributed by atoms with Crippen molar-refractivity contribution in [3.8, 4) is 0 Å². The van der Waals surface area contributed by atoms with Gasteiger partial charge < -0.3 is 4.84 Å². The van der Waals surface area contributed by atoms with Crippen molar-refractivity contribution in [3.63, 3.8) is 0 Å². The number of aryl methyl sites for hydroxylation is 1. The van der Waals surface area contributed by atoms with Crippen LogP contribution in [0.25, 0.3) is 0 Å². The number of halogens is 4. The number of oxime groups is 1. The molecule has 0 N–H and O–H groups in total. The average Bonchev–Trinajstić information content (AvgIpc) is 2.79. The first-order valence-electron chi connectivity index (χ1n) is 6.10. The lowest BCUT2D eigenvalue weighted by Crippen LogP contribution is -2.24. The number of rotatable bonds is 2. The molecule has 1 aliphatic heterocycles. The van der Waals surface area contributed by atoms with Crippen molar-refractivity contribution in [3.05, 3.63) is 16.4 Å². The molecule has 0 bridgehead atoms. The van der Waals surface area contributed by atoms with Crippen molar-refractivity contribution >= 4 is 26.5 Å². The van der Waals surface area contributed by atoms with Crippen molar-refractivity contribution in [2.75, 3.05) is 0 Å². The van der Waals surface area contributed by atoms with E-state index in [1.54, 1.807) is 13.8 Å². The van der Waals surface area contributed by atoms with Crippen LogP contribution in [0.2, 0.25) is 5.15 Å². The van der Waals surface area contributed by atoms with E-state index in [1.165, 1.54) is 0 Å². The third-order valence-corrected chi connectivity index (χ3v) is 4.94. The zero-order valence-corrected chi connectivity index (χ0v) is 13.5. The van der Waals surface area contributed by atoms with E-state index in [0.717, 1.165) is 7.05 Å². The summed E-state index contributed by atoms with van der Waals surface area (Å²) in [7, 11) is -3.04. The van der Waals surface area contributed by atoms with Gasteiger partial charge in [-0.1, -0.05) is 16.8 Å². The van der Waals surface area contributed by atoms with Crippen LogP contribution in [0.15, 0.2) is 5.16 Å². The van der Waals surface area contributed by atoms with Gasteiger partial charge in [0.1, 0.15) is 11.3 Å². The number of sulfone groups is 1. The Bertz CT molecular complexity index is 738. The third kappa shape index (κ3) is 3.22. The van der Waals surface area contributed by atoms with Crippen molar-refractivity contribution in [1.29, 1.82) is 0 Å². The van der Waals surface area contributed by atoms with Crippen LogP contribution in [-0.4, -0.2) is 28.8 Å². The van der Waals surface area contributed by atoms with Crippen LogP contribution in [0, 0.1) is 0 Å². The Balaban J connectivity index is 2.40. The molecule has 0 radical (unpaired) electrons. The lowest BCUT2D eigenvalue weighted by atomic mass is 10.1. The number of nitrogens with zero attached hydrogens (tertiary/aromatic N) is 3. The summed E-state index contributed by atoms with van der Waals surface area (Å²) in [5.41, 5.74) is -2.60. The molecule has 1 aromatic heterocycles. The van der Waals surface area contributed by atoms with Crippen LogP contribution in [0.4, 0.5) is 13.2 Å². The van der Waals surface area contributed by atoms with Gasteiger partial charge in [-0.25, -0.2) is 8.42 Å². The standard InChI is InChI=1S/C11H13ClF3N3O3S/c1-10(2)4-7(17-21-10)22(19,20)5-6-8(11(13,14)15)18(3)16-9(6)12/h4-5H2,1-3H3. The molecule has 2 heterocycles. The Morgan fingerprint density at radius 2 is 2.00 bits per heavy atom. The predicted octanol–water partition coefficient (Wildman–Crippen LogP) is 2.52. The van der Waals surface area contributed by atoms with Gasteiger partial charge in [0, 0.05) is 19.0 Å². The second-order valence-electron chi connectivity index (χ2n) is 5.51. The summed E-state index contributed by atoms with van der Waals surface area (Å²) in [6, 6.07) is 0. The molecule has 0 fully saturated rings. The average molecular weight is 360 g/mol. The highest BCUT2D eigenvalue weighted by atomic mass is 35.5. The van der Waals surface area contributed by atoms with Crippen LogP contribution in [-0.2, 0) is 33.7 Å². The fourth-order valence-corrected chi connectivity index (χ4v) is 3.95. The fourth-order valence-electron chi connectivity index (χ4n) is 2.06. The molecule has 0 aromatic carbocycles. The van der Waals surface area contributed by atoms with Crippen molar-refractivity contribution in [1.82, 2.24) is 9.78 Å². The van der Waals surface area contributed by atoms with E-state index in [4.69, 9.17) is 16.4 Å². The van der Waals surface area contributed by atoms with E-state index in [0.29, 0.717) is 4.68 Å². The Kier molecular flexibility index (Phi) is 3.97. The van der Waals surface area contributed by atoms with Crippen LogP contribution < -0.4 is 0 Å². The van der Waals surface area contributed by atoms with E-state index in [-0.39, 0.29) is 11.5 Å². The second-order valence-corrected chi connectivity index (χ2v) is 7.86.